The zero-order valence-corrected chi connectivity index (χ0v) is 26.7. The summed E-state index contributed by atoms with van der Waals surface area (Å²) in [5.74, 6) is -0.934. The lowest BCUT2D eigenvalue weighted by Gasteiger charge is -2.26. The molecule has 2 fully saturated rings. The van der Waals surface area contributed by atoms with Gasteiger partial charge in [0.05, 0.1) is 31.6 Å². The van der Waals surface area contributed by atoms with E-state index in [9.17, 15) is 14.4 Å². The summed E-state index contributed by atoms with van der Waals surface area (Å²) in [5.41, 5.74) is 1.33. The van der Waals surface area contributed by atoms with Crippen molar-refractivity contribution in [3.8, 4) is 11.5 Å². The fourth-order valence-corrected chi connectivity index (χ4v) is 5.78. The Labute approximate surface area is 264 Å². The van der Waals surface area contributed by atoms with Crippen LogP contribution >= 0.6 is 0 Å². The van der Waals surface area contributed by atoms with Crippen molar-refractivity contribution in [1.82, 2.24) is 15.5 Å². The molecule has 2 saturated heterocycles. The van der Waals surface area contributed by atoms with E-state index >= 15 is 0 Å². The van der Waals surface area contributed by atoms with Gasteiger partial charge >= 0.3 is 0 Å². The van der Waals surface area contributed by atoms with Crippen LogP contribution in [0.3, 0.4) is 0 Å². The Morgan fingerprint density at radius 1 is 0.978 bits per heavy atom. The highest BCUT2D eigenvalue weighted by molar-refractivity contribution is 6.48. The summed E-state index contributed by atoms with van der Waals surface area (Å²) in [6.07, 6.45) is 1.66. The van der Waals surface area contributed by atoms with Gasteiger partial charge in [-0.1, -0.05) is 45.0 Å². The molecule has 0 atom stereocenters. The summed E-state index contributed by atoms with van der Waals surface area (Å²) in [4.78, 5) is 43.0. The molecule has 2 aliphatic heterocycles. The molecule has 0 spiro atoms. The number of nitrogens with zero attached hydrogens (tertiary/aromatic N) is 1. The molecule has 5 rings (SSSR count). The lowest BCUT2D eigenvalue weighted by molar-refractivity contribution is -0.112. The van der Waals surface area contributed by atoms with Crippen molar-refractivity contribution in [2.45, 2.75) is 45.1 Å². The van der Waals surface area contributed by atoms with Gasteiger partial charge in [-0.2, -0.15) is 0 Å². The normalized spacial score (nSPS) is 16.3. The first-order chi connectivity index (χ1) is 21.7. The number of carbonyl (C=O) groups excluding carboxylic acids is 3. The molecule has 0 saturated carbocycles. The van der Waals surface area contributed by atoms with Crippen LogP contribution in [0.1, 0.15) is 59.9 Å². The van der Waals surface area contributed by atoms with Gasteiger partial charge in [0.2, 0.25) is 0 Å². The predicted octanol–water partition coefficient (Wildman–Crippen LogP) is 4.16. The molecule has 0 radical (unpaired) electrons. The number of ketones is 1. The Balaban J connectivity index is 1.38. The van der Waals surface area contributed by atoms with Gasteiger partial charge in [0.25, 0.3) is 17.6 Å². The quantitative estimate of drug-likeness (QED) is 0.230. The topological polar surface area (TPSA) is 118 Å². The SMILES string of the molecule is COc1c(NC(=O)C(=O)c2ccc(OCCN3CCOCC3)c3ccccc23)cc(C(C)(C)C)cc1C(=O)NC1CCNCC1. The maximum absolute atomic E-state index is 13.7. The first-order valence-corrected chi connectivity index (χ1v) is 15.7. The van der Waals surface area contributed by atoms with Gasteiger partial charge in [0.15, 0.2) is 5.75 Å². The molecule has 10 nitrogen and oxygen atoms in total. The lowest BCUT2D eigenvalue weighted by Crippen LogP contribution is -2.42. The van der Waals surface area contributed by atoms with Gasteiger partial charge < -0.3 is 30.2 Å². The van der Waals surface area contributed by atoms with Crippen LogP contribution in [0.2, 0.25) is 0 Å². The van der Waals surface area contributed by atoms with Crippen LogP contribution in [-0.2, 0) is 14.9 Å². The number of piperidine rings is 1. The Morgan fingerprint density at radius 2 is 1.69 bits per heavy atom. The van der Waals surface area contributed by atoms with E-state index in [1.807, 2.05) is 45.0 Å². The smallest absolute Gasteiger partial charge is 0.296 e. The van der Waals surface area contributed by atoms with Crippen molar-refractivity contribution < 1.29 is 28.6 Å². The zero-order valence-electron chi connectivity index (χ0n) is 26.7. The van der Waals surface area contributed by atoms with Gasteiger partial charge in [0, 0.05) is 36.6 Å². The third-order valence-electron chi connectivity index (χ3n) is 8.43. The largest absolute Gasteiger partial charge is 0.494 e. The Morgan fingerprint density at radius 3 is 2.38 bits per heavy atom. The zero-order chi connectivity index (χ0) is 32.0. The standard InChI is InChI=1S/C35H44N4O6/c1-35(2,3)23-21-28(33(41)37-24-11-13-36-14-12-24)32(43-4)29(22-23)38-34(42)31(40)27-9-10-30(26-8-6-5-7-25(26)27)45-20-17-39-15-18-44-19-16-39/h5-10,21-22,24,36H,11-20H2,1-4H3,(H,37,41)(H,38,42). The number of nitrogens with one attached hydrogen (secondary N) is 3. The molecule has 2 aliphatic rings. The summed E-state index contributed by atoms with van der Waals surface area (Å²) >= 11 is 0. The summed E-state index contributed by atoms with van der Waals surface area (Å²) in [6, 6.07) is 14.4. The average molecular weight is 617 g/mol. The minimum absolute atomic E-state index is 0.0426. The van der Waals surface area contributed by atoms with Gasteiger partial charge in [-0.05, 0) is 66.6 Å². The second-order valence-electron chi connectivity index (χ2n) is 12.6. The predicted molar refractivity (Wildman–Crippen MR) is 175 cm³/mol. The monoisotopic (exact) mass is 616 g/mol. The van der Waals surface area contributed by atoms with Gasteiger partial charge in [-0.3, -0.25) is 19.3 Å². The van der Waals surface area contributed by atoms with Crippen LogP contribution in [-0.4, -0.2) is 88.2 Å². The van der Waals surface area contributed by atoms with Crippen LogP contribution < -0.4 is 25.4 Å². The number of morpholine rings is 1. The molecule has 3 aromatic rings. The highest BCUT2D eigenvalue weighted by Crippen LogP contribution is 2.36. The minimum Gasteiger partial charge on any atom is -0.494 e. The Bertz CT molecular complexity index is 1540. The molecule has 2 amide bonds. The third kappa shape index (κ3) is 7.81. The van der Waals surface area contributed by atoms with Crippen LogP contribution in [0, 0.1) is 0 Å². The number of methoxy groups -OCH3 is 1. The van der Waals surface area contributed by atoms with Crippen molar-refractivity contribution in [3.63, 3.8) is 0 Å². The molecule has 0 bridgehead atoms. The highest BCUT2D eigenvalue weighted by atomic mass is 16.5. The lowest BCUT2D eigenvalue weighted by atomic mass is 9.85. The Hall–Kier alpha value is -3.99. The van der Waals surface area contributed by atoms with Crippen molar-refractivity contribution in [1.29, 1.82) is 0 Å². The first kappa shape index (κ1) is 32.4. The van der Waals surface area contributed by atoms with Crippen LogP contribution in [0.5, 0.6) is 11.5 Å². The average Bonchev–Trinajstić information content (AvgIpc) is 3.04. The molecule has 0 unspecified atom stereocenters. The van der Waals surface area contributed by atoms with E-state index in [1.165, 1.54) is 7.11 Å². The molecule has 10 heteroatoms. The second kappa shape index (κ2) is 14.4. The molecule has 45 heavy (non-hydrogen) atoms. The highest BCUT2D eigenvalue weighted by Gasteiger charge is 2.28. The Kier molecular flexibility index (Phi) is 10.4. The number of ether oxygens (including phenoxy) is 3. The summed E-state index contributed by atoms with van der Waals surface area (Å²) in [5, 5.41) is 10.6. The summed E-state index contributed by atoms with van der Waals surface area (Å²) in [7, 11) is 1.45. The fourth-order valence-electron chi connectivity index (χ4n) is 5.78. The van der Waals surface area contributed by atoms with E-state index in [1.54, 1.807) is 24.3 Å². The van der Waals surface area contributed by atoms with Gasteiger partial charge in [-0.25, -0.2) is 0 Å². The maximum Gasteiger partial charge on any atom is 0.296 e. The van der Waals surface area contributed by atoms with Gasteiger partial charge in [-0.15, -0.1) is 0 Å². The minimum atomic E-state index is -0.824. The summed E-state index contributed by atoms with van der Waals surface area (Å²) in [6.45, 7) is 12.2. The first-order valence-electron chi connectivity index (χ1n) is 15.7. The molecule has 2 heterocycles. The molecule has 3 aromatic carbocycles. The van der Waals surface area contributed by atoms with Gasteiger partial charge in [0.1, 0.15) is 12.4 Å². The number of carbonyl (C=O) groups is 3. The molecule has 3 N–H and O–H groups in total. The number of rotatable bonds is 10. The third-order valence-corrected chi connectivity index (χ3v) is 8.43. The van der Waals surface area contributed by atoms with E-state index in [0.29, 0.717) is 23.3 Å². The number of benzene rings is 3. The number of hydrogen-bond acceptors (Lipinski definition) is 8. The number of fused-ring (bicyclic) bond motifs is 1. The fraction of sp³-hybridized carbons (Fsp3) is 0.457. The van der Waals surface area contributed by atoms with E-state index in [-0.39, 0.29) is 34.4 Å². The molecule has 0 aliphatic carbocycles. The van der Waals surface area contributed by atoms with E-state index in [4.69, 9.17) is 14.2 Å². The molecular formula is C35H44N4O6. The molecular weight excluding hydrogens is 572 g/mol. The van der Waals surface area contributed by atoms with Crippen molar-refractivity contribution in [2.75, 3.05) is 65.0 Å². The van der Waals surface area contributed by atoms with Crippen LogP contribution in [0.4, 0.5) is 5.69 Å². The number of Topliss-reactive ketones (excluding diaryl/α,β-unsaturated/α-hetero) is 1. The van der Waals surface area contributed by atoms with E-state index in [2.05, 4.69) is 20.9 Å². The number of amides is 2. The van der Waals surface area contributed by atoms with Crippen LogP contribution in [0.25, 0.3) is 10.8 Å². The van der Waals surface area contributed by atoms with Crippen molar-refractivity contribution in [2.24, 2.45) is 0 Å². The van der Waals surface area contributed by atoms with E-state index < -0.39 is 11.7 Å². The van der Waals surface area contributed by atoms with Crippen molar-refractivity contribution in [3.05, 3.63) is 65.2 Å². The van der Waals surface area contributed by atoms with Crippen LogP contribution in [0.15, 0.2) is 48.5 Å². The van der Waals surface area contributed by atoms with Crippen molar-refractivity contribution >= 4 is 34.1 Å². The number of hydrogen-bond donors (Lipinski definition) is 3. The molecule has 0 aromatic heterocycles. The molecule has 240 valence electrons. The number of anilines is 1. The second-order valence-corrected chi connectivity index (χ2v) is 12.6. The van der Waals surface area contributed by atoms with E-state index in [0.717, 1.165) is 69.7 Å². The maximum atomic E-state index is 13.7. The summed E-state index contributed by atoms with van der Waals surface area (Å²) < 4.78 is 17.2.